The predicted octanol–water partition coefficient (Wildman–Crippen LogP) is 2.53. The van der Waals surface area contributed by atoms with Crippen LogP contribution < -0.4 is 0 Å². The second-order valence-electron chi connectivity index (χ2n) is 4.25. The molecule has 1 unspecified atom stereocenters. The van der Waals surface area contributed by atoms with Gasteiger partial charge >= 0.3 is 5.97 Å². The summed E-state index contributed by atoms with van der Waals surface area (Å²) in [5.74, 6) is -0.153. The molecule has 1 heterocycles. The topological polar surface area (TPSA) is 35.5 Å². The lowest BCUT2D eigenvalue weighted by molar-refractivity contribution is -0.152. The highest BCUT2D eigenvalue weighted by atomic mass is 16.5. The van der Waals surface area contributed by atoms with E-state index in [2.05, 4.69) is 6.92 Å². The van der Waals surface area contributed by atoms with Crippen molar-refractivity contribution in [1.29, 1.82) is 0 Å². The van der Waals surface area contributed by atoms with Crippen molar-refractivity contribution in [2.24, 2.45) is 5.92 Å². The molecule has 0 spiro atoms. The van der Waals surface area contributed by atoms with Crippen molar-refractivity contribution in [2.75, 3.05) is 13.7 Å². The van der Waals surface area contributed by atoms with Crippen LogP contribution in [0.1, 0.15) is 45.4 Å². The molecular weight excluding hydrogens is 192 g/mol. The molecule has 0 aliphatic carbocycles. The maximum Gasteiger partial charge on any atom is 0.311 e. The van der Waals surface area contributed by atoms with E-state index in [-0.39, 0.29) is 11.9 Å². The number of hydrogen-bond donors (Lipinski definition) is 0. The van der Waals surface area contributed by atoms with E-state index in [4.69, 9.17) is 9.47 Å². The quantitative estimate of drug-likeness (QED) is 0.521. The number of ether oxygens (including phenoxy) is 2. The van der Waals surface area contributed by atoms with E-state index < -0.39 is 0 Å². The Hall–Kier alpha value is -0.570. The van der Waals surface area contributed by atoms with Crippen LogP contribution in [-0.4, -0.2) is 25.8 Å². The van der Waals surface area contributed by atoms with Crippen LogP contribution in [0.2, 0.25) is 0 Å². The molecule has 0 N–H and O–H groups in total. The van der Waals surface area contributed by atoms with Gasteiger partial charge in [-0.2, -0.15) is 0 Å². The minimum atomic E-state index is -0.123. The molecule has 3 heteroatoms. The molecule has 0 aromatic rings. The molecule has 3 nitrogen and oxygen atoms in total. The maximum atomic E-state index is 11.2. The Labute approximate surface area is 92.1 Å². The van der Waals surface area contributed by atoms with Gasteiger partial charge < -0.3 is 9.47 Å². The highest BCUT2D eigenvalue weighted by Gasteiger charge is 2.26. The minimum absolute atomic E-state index is 0.0302. The molecule has 0 aromatic heterocycles. The van der Waals surface area contributed by atoms with Gasteiger partial charge in [0.05, 0.1) is 25.7 Å². The molecule has 0 aromatic carbocycles. The van der Waals surface area contributed by atoms with Crippen molar-refractivity contribution < 1.29 is 14.3 Å². The van der Waals surface area contributed by atoms with E-state index in [1.807, 2.05) is 0 Å². The van der Waals surface area contributed by atoms with E-state index in [0.29, 0.717) is 12.7 Å². The van der Waals surface area contributed by atoms with E-state index in [9.17, 15) is 4.79 Å². The fourth-order valence-electron chi connectivity index (χ4n) is 2.01. The predicted molar refractivity (Wildman–Crippen MR) is 58.6 cm³/mol. The zero-order chi connectivity index (χ0) is 11.1. The lowest BCUT2D eigenvalue weighted by atomic mass is 9.96. The van der Waals surface area contributed by atoms with Crippen molar-refractivity contribution in [1.82, 2.24) is 0 Å². The average molecular weight is 214 g/mol. The molecule has 1 aliphatic rings. The smallest absolute Gasteiger partial charge is 0.311 e. The summed E-state index contributed by atoms with van der Waals surface area (Å²) in [6.07, 6.45) is 7.20. The van der Waals surface area contributed by atoms with Gasteiger partial charge in [-0.3, -0.25) is 4.79 Å². The molecule has 2 atom stereocenters. The summed E-state index contributed by atoms with van der Waals surface area (Å²) in [6.45, 7) is 2.75. The lowest BCUT2D eigenvalue weighted by Gasteiger charge is -2.27. The third-order valence-electron chi connectivity index (χ3n) is 3.03. The number of hydrogen-bond acceptors (Lipinski definition) is 3. The summed E-state index contributed by atoms with van der Waals surface area (Å²) in [5, 5.41) is 0. The summed E-state index contributed by atoms with van der Waals surface area (Å²) in [6, 6.07) is 0. The summed E-state index contributed by atoms with van der Waals surface area (Å²) >= 11 is 0. The molecule has 1 rings (SSSR count). The van der Waals surface area contributed by atoms with Crippen LogP contribution >= 0.6 is 0 Å². The van der Waals surface area contributed by atoms with Gasteiger partial charge in [0.25, 0.3) is 0 Å². The second kappa shape index (κ2) is 6.83. The number of rotatable bonds is 5. The van der Waals surface area contributed by atoms with Crippen LogP contribution in [-0.2, 0) is 14.3 Å². The SMILES string of the molecule is CCCCCC1CC[C@@H](C(=O)OC)CO1. The molecule has 1 fully saturated rings. The average Bonchev–Trinajstić information content (AvgIpc) is 2.29. The fraction of sp³-hybridized carbons (Fsp3) is 0.917. The van der Waals surface area contributed by atoms with Gasteiger partial charge in [0.1, 0.15) is 0 Å². The summed E-state index contributed by atoms with van der Waals surface area (Å²) in [5.41, 5.74) is 0. The summed E-state index contributed by atoms with van der Waals surface area (Å²) in [7, 11) is 1.44. The Bertz CT molecular complexity index is 183. The summed E-state index contributed by atoms with van der Waals surface area (Å²) in [4.78, 5) is 11.2. The minimum Gasteiger partial charge on any atom is -0.469 e. The van der Waals surface area contributed by atoms with E-state index >= 15 is 0 Å². The van der Waals surface area contributed by atoms with Crippen LogP contribution in [0.3, 0.4) is 0 Å². The van der Waals surface area contributed by atoms with Gasteiger partial charge in [0, 0.05) is 0 Å². The number of carbonyl (C=O) groups excluding carboxylic acids is 1. The van der Waals surface area contributed by atoms with Crippen LogP contribution in [0.4, 0.5) is 0 Å². The number of methoxy groups -OCH3 is 1. The largest absolute Gasteiger partial charge is 0.469 e. The Morgan fingerprint density at radius 2 is 2.20 bits per heavy atom. The Kier molecular flexibility index (Phi) is 5.69. The van der Waals surface area contributed by atoms with Crippen LogP contribution in [0.25, 0.3) is 0 Å². The van der Waals surface area contributed by atoms with Gasteiger partial charge in [-0.05, 0) is 19.3 Å². The lowest BCUT2D eigenvalue weighted by Crippen LogP contribution is -2.31. The Balaban J connectivity index is 2.15. The van der Waals surface area contributed by atoms with Gasteiger partial charge in [-0.1, -0.05) is 26.2 Å². The molecular formula is C12H22O3. The van der Waals surface area contributed by atoms with Crippen molar-refractivity contribution in [2.45, 2.75) is 51.6 Å². The normalized spacial score (nSPS) is 26.3. The molecule has 0 saturated carbocycles. The first kappa shape index (κ1) is 12.5. The maximum absolute atomic E-state index is 11.2. The van der Waals surface area contributed by atoms with Crippen molar-refractivity contribution in [3.05, 3.63) is 0 Å². The van der Waals surface area contributed by atoms with E-state index in [0.717, 1.165) is 19.3 Å². The fourth-order valence-corrected chi connectivity index (χ4v) is 2.01. The Morgan fingerprint density at radius 1 is 1.40 bits per heavy atom. The van der Waals surface area contributed by atoms with Crippen LogP contribution in [0.15, 0.2) is 0 Å². The van der Waals surface area contributed by atoms with E-state index in [1.165, 1.54) is 26.4 Å². The third-order valence-corrected chi connectivity index (χ3v) is 3.03. The Morgan fingerprint density at radius 3 is 2.73 bits per heavy atom. The number of unbranched alkanes of at least 4 members (excludes halogenated alkanes) is 2. The highest BCUT2D eigenvalue weighted by Crippen LogP contribution is 2.23. The molecule has 0 amide bonds. The first-order valence-electron chi connectivity index (χ1n) is 5.97. The summed E-state index contributed by atoms with van der Waals surface area (Å²) < 4.78 is 10.4. The monoisotopic (exact) mass is 214 g/mol. The second-order valence-corrected chi connectivity index (χ2v) is 4.25. The number of esters is 1. The molecule has 1 aliphatic heterocycles. The van der Waals surface area contributed by atoms with Crippen LogP contribution in [0.5, 0.6) is 0 Å². The molecule has 88 valence electrons. The van der Waals surface area contributed by atoms with Gasteiger partial charge in [0.15, 0.2) is 0 Å². The molecule has 0 radical (unpaired) electrons. The van der Waals surface area contributed by atoms with Gasteiger partial charge in [-0.15, -0.1) is 0 Å². The first-order chi connectivity index (χ1) is 7.27. The van der Waals surface area contributed by atoms with Gasteiger partial charge in [-0.25, -0.2) is 0 Å². The van der Waals surface area contributed by atoms with Gasteiger partial charge in [0.2, 0.25) is 0 Å². The third kappa shape index (κ3) is 4.20. The van der Waals surface area contributed by atoms with Crippen molar-refractivity contribution in [3.8, 4) is 0 Å². The molecule has 1 saturated heterocycles. The standard InChI is InChI=1S/C12H22O3/c1-3-4-5-6-11-8-7-10(9-15-11)12(13)14-2/h10-11H,3-9H2,1-2H3/t10-,11?/m1/s1. The highest BCUT2D eigenvalue weighted by molar-refractivity contribution is 5.72. The van der Waals surface area contributed by atoms with Crippen molar-refractivity contribution >= 4 is 5.97 Å². The zero-order valence-electron chi connectivity index (χ0n) is 9.83. The van der Waals surface area contributed by atoms with E-state index in [1.54, 1.807) is 0 Å². The van der Waals surface area contributed by atoms with Crippen LogP contribution in [0, 0.1) is 5.92 Å². The molecule has 0 bridgehead atoms. The molecule has 15 heavy (non-hydrogen) atoms. The number of carbonyl (C=O) groups is 1. The zero-order valence-corrected chi connectivity index (χ0v) is 9.83. The first-order valence-corrected chi connectivity index (χ1v) is 5.97. The van der Waals surface area contributed by atoms with Crippen molar-refractivity contribution in [3.63, 3.8) is 0 Å².